The third kappa shape index (κ3) is 23.6. The molecule has 0 radical (unpaired) electrons. The number of halogens is 1. The van der Waals surface area contributed by atoms with Crippen LogP contribution in [0.15, 0.2) is 97.3 Å². The lowest BCUT2D eigenvalue weighted by Gasteiger charge is -2.24. The number of carbonyl (C=O) groups is 5. The minimum atomic E-state index is -0.958. The van der Waals surface area contributed by atoms with E-state index in [0.717, 1.165) is 87.1 Å². The van der Waals surface area contributed by atoms with Gasteiger partial charge in [-0.15, -0.1) is 12.4 Å². The van der Waals surface area contributed by atoms with E-state index in [1.165, 1.54) is 18.4 Å². The van der Waals surface area contributed by atoms with Gasteiger partial charge in [0.05, 0.1) is 19.5 Å². The van der Waals surface area contributed by atoms with Crippen LogP contribution in [0, 0.1) is 0 Å². The van der Waals surface area contributed by atoms with Crippen LogP contribution in [0.25, 0.3) is 0 Å². The zero-order valence-electron chi connectivity index (χ0n) is 41.8. The molecule has 16 heteroatoms. The first-order valence-electron chi connectivity index (χ1n) is 25.5. The molecular weight excluding hydrogens is 918 g/mol. The number of pyridine rings is 2. The standard InChI is InChI=1S/C25H32N4O4.C25H34N4O2.C5H11N.ClH/c26-22-15-19(13-14-27-22)7-4-8-24(31)29(21-11-12-21)17-23(30)28-20(16-25(32)33)10-9-18-5-2-1-3-6-18;1-2-21(12-11-19-7-4-3-5-8-19)28-24(30)18-29(22-13-14-22)25(31)10-6-9-20-15-16-27-23(26)17-20;1-2-6-5-3-4-5;/h1-3,5-6,13-15,20-21H,4,7-12,16-17H2,(H2,26,27)(H,28,30)(H,32,33);3-5,7-8,15-17,21-22H,2,6,9-14,18H2,1H3,(H2,26,27)(H,28,30);5-6H,2-4H2,1H3;1H. The van der Waals surface area contributed by atoms with E-state index < -0.39 is 12.0 Å². The summed E-state index contributed by atoms with van der Waals surface area (Å²) in [5.41, 5.74) is 15.9. The number of aryl methyl sites for hydroxylation is 4. The van der Waals surface area contributed by atoms with Gasteiger partial charge in [0, 0.05) is 55.4 Å². The lowest BCUT2D eigenvalue weighted by atomic mass is 10.0. The van der Waals surface area contributed by atoms with E-state index in [4.69, 9.17) is 11.5 Å². The van der Waals surface area contributed by atoms with Gasteiger partial charge in [-0.2, -0.15) is 0 Å². The van der Waals surface area contributed by atoms with Crippen LogP contribution in [0.3, 0.4) is 0 Å². The molecule has 0 bridgehead atoms. The minimum absolute atomic E-state index is 0. The number of benzene rings is 2. The van der Waals surface area contributed by atoms with E-state index in [-0.39, 0.29) is 73.7 Å². The lowest BCUT2D eigenvalue weighted by Crippen LogP contribution is -2.45. The number of carboxylic acid groups (broad SMARTS) is 1. The summed E-state index contributed by atoms with van der Waals surface area (Å²) in [5, 5.41) is 18.5. The van der Waals surface area contributed by atoms with E-state index >= 15 is 0 Å². The van der Waals surface area contributed by atoms with Crippen molar-refractivity contribution in [3.8, 4) is 0 Å². The molecule has 3 aliphatic rings. The van der Waals surface area contributed by atoms with Gasteiger partial charge in [-0.05, 0) is 149 Å². The van der Waals surface area contributed by atoms with Crippen molar-refractivity contribution >= 4 is 53.6 Å². The molecule has 71 heavy (non-hydrogen) atoms. The highest BCUT2D eigenvalue weighted by atomic mass is 35.5. The number of aliphatic carboxylic acids is 1. The van der Waals surface area contributed by atoms with Crippen molar-refractivity contribution in [1.82, 2.24) is 35.7 Å². The molecule has 0 aliphatic heterocycles. The monoisotopic (exact) mass is 996 g/mol. The van der Waals surface area contributed by atoms with Crippen LogP contribution in [-0.4, -0.2) is 104 Å². The summed E-state index contributed by atoms with van der Waals surface area (Å²) in [4.78, 5) is 73.6. The van der Waals surface area contributed by atoms with Gasteiger partial charge < -0.3 is 42.3 Å². The Morgan fingerprint density at radius 1 is 0.620 bits per heavy atom. The number of hydrogen-bond acceptors (Lipinski definition) is 10. The number of carboxylic acids is 1. The SMILES string of the molecule is CCC(CCc1ccccc1)NC(=O)CN(C(=O)CCCc1ccnc(N)c1)C1CC1.CCNC1CC1.Cl.Nc1cc(CCCC(=O)N(CC(=O)NC(CCc2ccccc2)CC(=O)O)C2CC2)ccn1. The average Bonchev–Trinajstić information content (AvgIpc) is 4.18. The molecule has 7 rings (SSSR count). The summed E-state index contributed by atoms with van der Waals surface area (Å²) in [5.74, 6) is -0.347. The minimum Gasteiger partial charge on any atom is -0.481 e. The van der Waals surface area contributed by atoms with Crippen molar-refractivity contribution in [2.24, 2.45) is 0 Å². The number of aromatic nitrogens is 2. The molecular formula is C55H78ClN9O6. The highest BCUT2D eigenvalue weighted by molar-refractivity contribution is 5.86. The van der Waals surface area contributed by atoms with Crippen molar-refractivity contribution in [2.45, 2.75) is 160 Å². The molecule has 2 heterocycles. The summed E-state index contributed by atoms with van der Waals surface area (Å²) >= 11 is 0. The van der Waals surface area contributed by atoms with E-state index in [2.05, 4.69) is 51.9 Å². The topological polar surface area (TPSA) is 226 Å². The highest BCUT2D eigenvalue weighted by Gasteiger charge is 2.35. The van der Waals surface area contributed by atoms with Gasteiger partial charge in [-0.3, -0.25) is 24.0 Å². The Kier molecular flexibility index (Phi) is 25.4. The Bertz CT molecular complexity index is 2230. The van der Waals surface area contributed by atoms with Gasteiger partial charge in [0.1, 0.15) is 11.6 Å². The second kappa shape index (κ2) is 31.3. The zero-order valence-corrected chi connectivity index (χ0v) is 42.6. The molecule has 3 fully saturated rings. The van der Waals surface area contributed by atoms with Crippen LogP contribution >= 0.6 is 12.4 Å². The van der Waals surface area contributed by atoms with Crippen molar-refractivity contribution < 1.29 is 29.1 Å². The maximum absolute atomic E-state index is 12.8. The Morgan fingerprint density at radius 2 is 1.06 bits per heavy atom. The smallest absolute Gasteiger partial charge is 0.305 e. The van der Waals surface area contributed by atoms with E-state index in [0.29, 0.717) is 50.2 Å². The van der Waals surface area contributed by atoms with Crippen LogP contribution in [0.1, 0.15) is 126 Å². The third-order valence-corrected chi connectivity index (χ3v) is 12.6. The lowest BCUT2D eigenvalue weighted by molar-refractivity contribution is -0.139. The number of amides is 4. The van der Waals surface area contributed by atoms with Crippen LogP contribution in [0.2, 0.25) is 0 Å². The molecule has 2 aromatic heterocycles. The fourth-order valence-electron chi connectivity index (χ4n) is 8.31. The van der Waals surface area contributed by atoms with Crippen molar-refractivity contribution in [2.75, 3.05) is 31.1 Å². The largest absolute Gasteiger partial charge is 0.481 e. The van der Waals surface area contributed by atoms with Crippen molar-refractivity contribution in [1.29, 1.82) is 0 Å². The number of nitrogen functional groups attached to an aromatic ring is 2. The van der Waals surface area contributed by atoms with Gasteiger partial charge in [0.2, 0.25) is 23.6 Å². The molecule has 2 atom stereocenters. The van der Waals surface area contributed by atoms with E-state index in [1.807, 2.05) is 66.7 Å². The molecule has 4 amide bonds. The van der Waals surface area contributed by atoms with Crippen LogP contribution < -0.4 is 27.4 Å². The predicted molar refractivity (Wildman–Crippen MR) is 283 cm³/mol. The van der Waals surface area contributed by atoms with Gasteiger partial charge in [0.15, 0.2) is 0 Å². The molecule has 3 saturated carbocycles. The number of anilines is 2. The molecule has 0 saturated heterocycles. The summed E-state index contributed by atoms with van der Waals surface area (Å²) < 4.78 is 0. The van der Waals surface area contributed by atoms with Gasteiger partial charge in [0.25, 0.3) is 0 Å². The summed E-state index contributed by atoms with van der Waals surface area (Å²) in [7, 11) is 0. The first-order valence-corrected chi connectivity index (χ1v) is 25.5. The number of hydrogen-bond donors (Lipinski definition) is 6. The molecule has 15 nitrogen and oxygen atoms in total. The van der Waals surface area contributed by atoms with Crippen molar-refractivity contribution in [3.05, 3.63) is 120 Å². The quantitative estimate of drug-likeness (QED) is 0.0349. The fraction of sp³-hybridized carbons (Fsp3) is 0.509. The number of nitrogens with one attached hydrogen (secondary N) is 3. The van der Waals surface area contributed by atoms with E-state index in [1.54, 1.807) is 28.3 Å². The molecule has 4 aromatic rings. The maximum atomic E-state index is 12.8. The summed E-state index contributed by atoms with van der Waals surface area (Å²) in [6.07, 6.45) is 17.4. The number of nitrogens with zero attached hydrogens (tertiary/aromatic N) is 4. The van der Waals surface area contributed by atoms with Gasteiger partial charge >= 0.3 is 5.97 Å². The molecule has 0 spiro atoms. The Labute approximate surface area is 427 Å². The van der Waals surface area contributed by atoms with Crippen LogP contribution in [-0.2, 0) is 49.7 Å². The van der Waals surface area contributed by atoms with Crippen LogP contribution in [0.4, 0.5) is 11.6 Å². The van der Waals surface area contributed by atoms with Gasteiger partial charge in [-0.25, -0.2) is 9.97 Å². The summed E-state index contributed by atoms with van der Waals surface area (Å²) in [6, 6.07) is 28.4. The predicted octanol–water partition coefficient (Wildman–Crippen LogP) is 7.26. The molecule has 8 N–H and O–H groups in total. The zero-order chi connectivity index (χ0) is 50.1. The molecule has 3 aliphatic carbocycles. The Balaban J connectivity index is 0.000000272. The second-order valence-electron chi connectivity index (χ2n) is 18.8. The van der Waals surface area contributed by atoms with Crippen molar-refractivity contribution in [3.63, 3.8) is 0 Å². The number of rotatable bonds is 27. The Hall–Kier alpha value is -6.06. The number of nitrogens with two attached hydrogens (primary N) is 2. The molecule has 2 aromatic carbocycles. The normalized spacial score (nSPS) is 14.4. The first-order chi connectivity index (χ1) is 33.9. The fourth-order valence-corrected chi connectivity index (χ4v) is 8.31. The maximum Gasteiger partial charge on any atom is 0.305 e. The first kappa shape index (κ1) is 57.5. The second-order valence-corrected chi connectivity index (χ2v) is 18.8. The average molecular weight is 997 g/mol. The molecule has 386 valence electrons. The Morgan fingerprint density at radius 3 is 1.42 bits per heavy atom. The van der Waals surface area contributed by atoms with Crippen LogP contribution in [0.5, 0.6) is 0 Å². The molecule has 2 unspecified atom stereocenters. The van der Waals surface area contributed by atoms with Gasteiger partial charge in [-0.1, -0.05) is 74.5 Å². The third-order valence-electron chi connectivity index (χ3n) is 12.6. The van der Waals surface area contributed by atoms with E-state index in [9.17, 15) is 29.1 Å². The summed E-state index contributed by atoms with van der Waals surface area (Å²) in [6.45, 7) is 5.51. The highest BCUT2D eigenvalue weighted by Crippen LogP contribution is 2.29. The number of carbonyl (C=O) groups excluding carboxylic acids is 4.